The highest BCUT2D eigenvalue weighted by molar-refractivity contribution is 8.00. The molecule has 0 spiro atoms. The van der Waals surface area contributed by atoms with E-state index >= 15 is 0 Å². The highest BCUT2D eigenvalue weighted by Crippen LogP contribution is 2.26. The van der Waals surface area contributed by atoms with E-state index < -0.39 is 0 Å². The van der Waals surface area contributed by atoms with Gasteiger partial charge in [0, 0.05) is 11.1 Å². The lowest BCUT2D eigenvalue weighted by Crippen LogP contribution is -1.84. The third kappa shape index (κ3) is 2.43. The highest BCUT2D eigenvalue weighted by Gasteiger charge is 2.03. The van der Waals surface area contributed by atoms with Gasteiger partial charge < -0.3 is 5.73 Å². The maximum Gasteiger partial charge on any atom is 0.180 e. The molecule has 2 N–H and O–H groups in total. The molecular formula is C7H8N4S3. The molecule has 0 aromatic carbocycles. The maximum absolute atomic E-state index is 5.52. The molecule has 0 atom stereocenters. The van der Waals surface area contributed by atoms with Crippen molar-refractivity contribution >= 4 is 39.6 Å². The standard InChI is InChI=1S/C7H8N4S3/c1-4-10-11-7(14-4)13-3-5-2-12-6(8)9-5/h2H,3H2,1H3,(H2,8,9). The number of nitrogen functional groups attached to an aromatic ring is 1. The van der Waals surface area contributed by atoms with Crippen molar-refractivity contribution in [2.75, 3.05) is 5.73 Å². The Morgan fingerprint density at radius 2 is 2.36 bits per heavy atom. The summed E-state index contributed by atoms with van der Waals surface area (Å²) >= 11 is 4.71. The highest BCUT2D eigenvalue weighted by atomic mass is 32.2. The molecule has 0 aliphatic rings. The van der Waals surface area contributed by atoms with E-state index in [4.69, 9.17) is 5.73 Å². The number of hydrogen-bond acceptors (Lipinski definition) is 7. The summed E-state index contributed by atoms with van der Waals surface area (Å²) in [5.41, 5.74) is 6.53. The molecule has 0 fully saturated rings. The molecule has 2 aromatic heterocycles. The monoisotopic (exact) mass is 244 g/mol. The zero-order valence-electron chi connectivity index (χ0n) is 7.43. The SMILES string of the molecule is Cc1nnc(SCc2csc(N)n2)s1. The van der Waals surface area contributed by atoms with Gasteiger partial charge in [0.1, 0.15) is 5.01 Å². The Bertz CT molecular complexity index is 382. The van der Waals surface area contributed by atoms with Crippen molar-refractivity contribution in [3.63, 3.8) is 0 Å². The zero-order valence-corrected chi connectivity index (χ0v) is 9.88. The molecule has 74 valence electrons. The number of rotatable bonds is 3. The van der Waals surface area contributed by atoms with Gasteiger partial charge in [-0.1, -0.05) is 23.1 Å². The Morgan fingerprint density at radius 1 is 1.50 bits per heavy atom. The first-order valence-corrected chi connectivity index (χ1v) is 6.55. The molecule has 0 radical (unpaired) electrons. The lowest BCUT2D eigenvalue weighted by molar-refractivity contribution is 0.983. The quantitative estimate of drug-likeness (QED) is 0.838. The summed E-state index contributed by atoms with van der Waals surface area (Å²) < 4.78 is 0.981. The van der Waals surface area contributed by atoms with Crippen molar-refractivity contribution in [2.24, 2.45) is 0 Å². The molecule has 0 saturated heterocycles. The van der Waals surface area contributed by atoms with Crippen LogP contribution in [-0.4, -0.2) is 15.2 Å². The van der Waals surface area contributed by atoms with E-state index in [1.165, 1.54) is 11.3 Å². The third-order valence-electron chi connectivity index (χ3n) is 1.42. The molecule has 0 saturated carbocycles. The molecule has 4 nitrogen and oxygen atoms in total. The fourth-order valence-electron chi connectivity index (χ4n) is 0.861. The van der Waals surface area contributed by atoms with Gasteiger partial charge in [0.2, 0.25) is 0 Å². The van der Waals surface area contributed by atoms with Gasteiger partial charge in [-0.05, 0) is 6.92 Å². The summed E-state index contributed by atoms with van der Waals surface area (Å²) in [6.45, 7) is 1.95. The van der Waals surface area contributed by atoms with Crippen LogP contribution in [0.1, 0.15) is 10.7 Å². The fourth-order valence-corrected chi connectivity index (χ4v) is 3.24. The zero-order chi connectivity index (χ0) is 9.97. The molecular weight excluding hydrogens is 236 g/mol. The van der Waals surface area contributed by atoms with Gasteiger partial charge in [0.15, 0.2) is 9.47 Å². The molecule has 0 aliphatic carbocycles. The first-order valence-electron chi connectivity index (χ1n) is 3.87. The lowest BCUT2D eigenvalue weighted by Gasteiger charge is -1.90. The molecule has 0 unspecified atom stereocenters. The predicted molar refractivity (Wildman–Crippen MR) is 60.7 cm³/mol. The van der Waals surface area contributed by atoms with Crippen LogP contribution in [0.25, 0.3) is 0 Å². The van der Waals surface area contributed by atoms with Crippen LogP contribution in [0.2, 0.25) is 0 Å². The van der Waals surface area contributed by atoms with Crippen LogP contribution in [-0.2, 0) is 5.75 Å². The van der Waals surface area contributed by atoms with E-state index in [2.05, 4.69) is 15.2 Å². The van der Waals surface area contributed by atoms with Crippen LogP contribution in [0, 0.1) is 6.92 Å². The van der Waals surface area contributed by atoms with Gasteiger partial charge in [-0.2, -0.15) is 0 Å². The van der Waals surface area contributed by atoms with E-state index in [-0.39, 0.29) is 0 Å². The van der Waals surface area contributed by atoms with E-state index in [0.717, 1.165) is 20.8 Å². The normalized spacial score (nSPS) is 10.6. The number of nitrogens with two attached hydrogens (primary N) is 1. The summed E-state index contributed by atoms with van der Waals surface area (Å²) in [4.78, 5) is 4.16. The van der Waals surface area contributed by atoms with E-state index in [1.54, 1.807) is 23.1 Å². The second-order valence-electron chi connectivity index (χ2n) is 2.55. The molecule has 2 rings (SSSR count). The number of nitrogens with zero attached hydrogens (tertiary/aromatic N) is 3. The first-order chi connectivity index (χ1) is 6.74. The number of thiazole rings is 1. The summed E-state index contributed by atoms with van der Waals surface area (Å²) in [5, 5.41) is 11.5. The van der Waals surface area contributed by atoms with E-state index in [9.17, 15) is 0 Å². The van der Waals surface area contributed by atoms with Crippen molar-refractivity contribution in [2.45, 2.75) is 17.0 Å². The third-order valence-corrected chi connectivity index (χ3v) is 4.15. The van der Waals surface area contributed by atoms with E-state index in [0.29, 0.717) is 5.13 Å². The van der Waals surface area contributed by atoms with Crippen molar-refractivity contribution in [3.8, 4) is 0 Å². The Morgan fingerprint density at radius 3 is 2.93 bits per heavy atom. The van der Waals surface area contributed by atoms with E-state index in [1.807, 2.05) is 12.3 Å². The number of anilines is 1. The van der Waals surface area contributed by atoms with Gasteiger partial charge >= 0.3 is 0 Å². The average molecular weight is 244 g/mol. The van der Waals surface area contributed by atoms with Gasteiger partial charge in [-0.15, -0.1) is 21.5 Å². The minimum atomic E-state index is 0.619. The van der Waals surface area contributed by atoms with Crippen LogP contribution in [0.15, 0.2) is 9.72 Å². The largest absolute Gasteiger partial charge is 0.375 e. The van der Waals surface area contributed by atoms with Gasteiger partial charge in [0.25, 0.3) is 0 Å². The number of thioether (sulfide) groups is 1. The van der Waals surface area contributed by atoms with Crippen molar-refractivity contribution in [1.29, 1.82) is 0 Å². The molecule has 2 heterocycles. The average Bonchev–Trinajstić information content (AvgIpc) is 2.72. The number of aromatic nitrogens is 3. The van der Waals surface area contributed by atoms with Crippen LogP contribution in [0.3, 0.4) is 0 Å². The van der Waals surface area contributed by atoms with Crippen molar-refractivity contribution in [3.05, 3.63) is 16.1 Å². The summed E-state index contributed by atoms with van der Waals surface area (Å²) in [6.07, 6.45) is 0. The Kier molecular flexibility index (Phi) is 2.99. The lowest BCUT2D eigenvalue weighted by atomic mass is 10.6. The molecule has 14 heavy (non-hydrogen) atoms. The smallest absolute Gasteiger partial charge is 0.180 e. The van der Waals surface area contributed by atoms with Crippen LogP contribution in [0.5, 0.6) is 0 Å². The Hall–Kier alpha value is -0.660. The number of hydrogen-bond donors (Lipinski definition) is 1. The van der Waals surface area contributed by atoms with Crippen LogP contribution in [0.4, 0.5) is 5.13 Å². The van der Waals surface area contributed by atoms with Gasteiger partial charge in [0.05, 0.1) is 5.69 Å². The van der Waals surface area contributed by atoms with Gasteiger partial charge in [-0.25, -0.2) is 4.98 Å². The molecule has 0 aliphatic heterocycles. The molecule has 7 heteroatoms. The second kappa shape index (κ2) is 4.24. The summed E-state index contributed by atoms with van der Waals surface area (Å²) in [5.74, 6) is 0.808. The topological polar surface area (TPSA) is 64.7 Å². The molecule has 2 aromatic rings. The minimum absolute atomic E-state index is 0.619. The summed E-state index contributed by atoms with van der Waals surface area (Å²) in [6, 6.07) is 0. The van der Waals surface area contributed by atoms with Crippen molar-refractivity contribution in [1.82, 2.24) is 15.2 Å². The first kappa shape index (κ1) is 9.88. The molecule has 0 amide bonds. The predicted octanol–water partition coefficient (Wildman–Crippen LogP) is 2.18. The Labute approximate surface area is 93.6 Å². The van der Waals surface area contributed by atoms with Gasteiger partial charge in [-0.3, -0.25) is 0 Å². The maximum atomic E-state index is 5.52. The minimum Gasteiger partial charge on any atom is -0.375 e. The molecule has 0 bridgehead atoms. The van der Waals surface area contributed by atoms with Crippen molar-refractivity contribution < 1.29 is 0 Å². The fraction of sp³-hybridized carbons (Fsp3) is 0.286. The number of aryl methyl sites for hydroxylation is 1. The summed E-state index contributed by atoms with van der Waals surface area (Å²) in [7, 11) is 0. The van der Waals surface area contributed by atoms with Crippen LogP contribution < -0.4 is 5.73 Å². The Balaban J connectivity index is 1.94. The second-order valence-corrected chi connectivity index (χ2v) is 5.85. The van der Waals surface area contributed by atoms with Crippen LogP contribution >= 0.6 is 34.4 Å².